The van der Waals surface area contributed by atoms with E-state index in [4.69, 9.17) is 23.2 Å². The quantitative estimate of drug-likeness (QED) is 0.250. The summed E-state index contributed by atoms with van der Waals surface area (Å²) in [6.07, 6.45) is 0. The van der Waals surface area contributed by atoms with Crippen LogP contribution >= 0.6 is 50.9 Å². The summed E-state index contributed by atoms with van der Waals surface area (Å²) in [5.74, 6) is 0.00161. The lowest BCUT2D eigenvalue weighted by Crippen LogP contribution is -2.21. The molecule has 0 saturated heterocycles. The molecule has 0 saturated carbocycles. The number of aromatic nitrogens is 1. The summed E-state index contributed by atoms with van der Waals surface area (Å²) >= 11 is 17.7. The molecule has 4 rings (SSSR count). The van der Waals surface area contributed by atoms with Crippen molar-refractivity contribution in [3.63, 3.8) is 0 Å². The molecular weight excluding hydrogens is 553 g/mol. The topological polar surface area (TPSA) is 37.3 Å². The molecule has 0 unspecified atom stereocenters. The number of hydrogen-bond donors (Lipinski definition) is 1. The van der Waals surface area contributed by atoms with Crippen LogP contribution in [0.3, 0.4) is 0 Å². The molecule has 3 aromatic carbocycles. The van der Waals surface area contributed by atoms with Crippen LogP contribution in [0.5, 0.6) is 0 Å². The number of fused-ring (bicyclic) bond motifs is 1. The molecule has 8 heteroatoms. The zero-order valence-electron chi connectivity index (χ0n) is 19.0. The lowest BCUT2D eigenvalue weighted by molar-refractivity contribution is 0.0827. The molecule has 0 aliphatic heterocycles. The summed E-state index contributed by atoms with van der Waals surface area (Å²) in [6, 6.07) is 20.1. The third kappa shape index (κ3) is 5.47. The van der Waals surface area contributed by atoms with Crippen LogP contribution in [0.4, 0.5) is 0 Å². The van der Waals surface area contributed by atoms with Gasteiger partial charge in [-0.3, -0.25) is 4.79 Å². The number of rotatable bonds is 7. The highest BCUT2D eigenvalue weighted by Gasteiger charge is 2.14. The molecule has 0 radical (unpaired) electrons. The van der Waals surface area contributed by atoms with Gasteiger partial charge in [0, 0.05) is 58.1 Å². The van der Waals surface area contributed by atoms with Crippen LogP contribution in [0.25, 0.3) is 10.9 Å². The van der Waals surface area contributed by atoms with Crippen molar-refractivity contribution in [1.82, 2.24) is 14.8 Å². The minimum Gasteiger partial charge on any atom is -0.345 e. The Hall–Kier alpha value is -1.96. The standard InChI is InChI=1S/C26H24BrCl2N3OS/c1-30-14-18-10-21-22(27)11-20(34-19-8-9-23(28)24(29)12-19)13-25(21)32(18)15-16-4-6-17(7-5-16)26(33)31(2)3/h4-13,30H,14-15H2,1-3H3. The van der Waals surface area contributed by atoms with E-state index in [1.54, 1.807) is 30.8 Å². The van der Waals surface area contributed by atoms with Gasteiger partial charge in [0.05, 0.1) is 15.6 Å². The summed E-state index contributed by atoms with van der Waals surface area (Å²) in [7, 11) is 5.47. The Balaban J connectivity index is 1.71. The van der Waals surface area contributed by atoms with Gasteiger partial charge >= 0.3 is 0 Å². The first kappa shape index (κ1) is 25.1. The molecule has 1 aromatic heterocycles. The Labute approximate surface area is 222 Å². The third-order valence-corrected chi connectivity index (χ3v) is 7.82. The average molecular weight is 577 g/mol. The summed E-state index contributed by atoms with van der Waals surface area (Å²) in [4.78, 5) is 15.9. The summed E-state index contributed by atoms with van der Waals surface area (Å²) in [5.41, 5.74) is 4.13. The molecule has 0 atom stereocenters. The van der Waals surface area contributed by atoms with Gasteiger partial charge in [0.1, 0.15) is 0 Å². The van der Waals surface area contributed by atoms with Crippen molar-refractivity contribution in [2.75, 3.05) is 21.1 Å². The van der Waals surface area contributed by atoms with Gasteiger partial charge in [-0.05, 0) is 61.1 Å². The fraction of sp³-hybridized carbons (Fsp3) is 0.192. The minimum atomic E-state index is 0.00161. The molecule has 0 aliphatic rings. The van der Waals surface area contributed by atoms with E-state index in [1.807, 2.05) is 49.5 Å². The highest BCUT2D eigenvalue weighted by molar-refractivity contribution is 9.10. The molecule has 1 heterocycles. The maximum atomic E-state index is 12.2. The van der Waals surface area contributed by atoms with Gasteiger partial charge in [-0.25, -0.2) is 0 Å². The van der Waals surface area contributed by atoms with E-state index in [1.165, 1.54) is 5.69 Å². The average Bonchev–Trinajstić information content (AvgIpc) is 3.14. The third-order valence-electron chi connectivity index (χ3n) is 5.46. The first-order chi connectivity index (χ1) is 16.3. The Morgan fingerprint density at radius 2 is 1.74 bits per heavy atom. The molecule has 34 heavy (non-hydrogen) atoms. The van der Waals surface area contributed by atoms with E-state index in [2.05, 4.69) is 44.0 Å². The molecule has 0 aliphatic carbocycles. The van der Waals surface area contributed by atoms with E-state index < -0.39 is 0 Å². The maximum Gasteiger partial charge on any atom is 0.253 e. The predicted octanol–water partition coefficient (Wildman–Crippen LogP) is 7.33. The summed E-state index contributed by atoms with van der Waals surface area (Å²) < 4.78 is 3.36. The molecule has 0 fully saturated rings. The second-order valence-corrected chi connectivity index (χ2v) is 11.0. The number of carbonyl (C=O) groups is 1. The summed E-state index contributed by atoms with van der Waals surface area (Å²) in [5, 5.41) is 5.52. The van der Waals surface area contributed by atoms with E-state index >= 15 is 0 Å². The molecular formula is C26H24BrCl2N3OS. The van der Waals surface area contributed by atoms with Crippen molar-refractivity contribution < 1.29 is 4.79 Å². The van der Waals surface area contributed by atoms with Crippen molar-refractivity contribution in [3.8, 4) is 0 Å². The Bertz CT molecular complexity index is 1350. The first-order valence-corrected chi connectivity index (χ1v) is 13.0. The van der Waals surface area contributed by atoms with Crippen molar-refractivity contribution in [1.29, 1.82) is 0 Å². The SMILES string of the molecule is CNCc1cc2c(Br)cc(Sc3ccc(Cl)c(Cl)c3)cc2n1Cc1ccc(C(=O)N(C)C)cc1. The number of carbonyl (C=O) groups excluding carboxylic acids is 1. The van der Waals surface area contributed by atoms with Gasteiger partial charge in [-0.15, -0.1) is 0 Å². The zero-order chi connectivity index (χ0) is 24.4. The molecule has 0 spiro atoms. The van der Waals surface area contributed by atoms with Gasteiger partial charge in [-0.2, -0.15) is 0 Å². The lowest BCUT2D eigenvalue weighted by atomic mass is 10.1. The maximum absolute atomic E-state index is 12.2. The second-order valence-electron chi connectivity index (χ2n) is 8.16. The van der Waals surface area contributed by atoms with Crippen LogP contribution in [0.1, 0.15) is 21.6 Å². The summed E-state index contributed by atoms with van der Waals surface area (Å²) in [6.45, 7) is 1.44. The molecule has 176 valence electrons. The molecule has 4 nitrogen and oxygen atoms in total. The van der Waals surface area contributed by atoms with Crippen LogP contribution in [-0.2, 0) is 13.1 Å². The molecule has 1 amide bonds. The van der Waals surface area contributed by atoms with Crippen molar-refractivity contribution in [2.45, 2.75) is 22.9 Å². The Kier molecular flexibility index (Phi) is 7.95. The van der Waals surface area contributed by atoms with E-state index in [0.29, 0.717) is 22.2 Å². The predicted molar refractivity (Wildman–Crippen MR) is 147 cm³/mol. The van der Waals surface area contributed by atoms with Gasteiger partial charge in [0.2, 0.25) is 0 Å². The normalized spacial score (nSPS) is 11.2. The van der Waals surface area contributed by atoms with Crippen LogP contribution in [-0.4, -0.2) is 36.5 Å². The fourth-order valence-corrected chi connectivity index (χ4v) is 5.80. The van der Waals surface area contributed by atoms with Crippen molar-refractivity contribution in [2.24, 2.45) is 0 Å². The monoisotopic (exact) mass is 575 g/mol. The van der Waals surface area contributed by atoms with Crippen LogP contribution in [0.15, 0.2) is 74.9 Å². The molecule has 4 aromatic rings. The number of halogens is 3. The smallest absolute Gasteiger partial charge is 0.253 e. The van der Waals surface area contributed by atoms with Crippen molar-refractivity contribution >= 4 is 67.7 Å². The highest BCUT2D eigenvalue weighted by Crippen LogP contribution is 2.38. The molecule has 0 bridgehead atoms. The van der Waals surface area contributed by atoms with E-state index in [9.17, 15) is 4.79 Å². The minimum absolute atomic E-state index is 0.00161. The van der Waals surface area contributed by atoms with Gasteiger partial charge < -0.3 is 14.8 Å². The number of nitrogens with one attached hydrogen (secondary N) is 1. The van der Waals surface area contributed by atoms with Gasteiger partial charge in [0.15, 0.2) is 0 Å². The Morgan fingerprint density at radius 3 is 2.38 bits per heavy atom. The highest BCUT2D eigenvalue weighted by atomic mass is 79.9. The Morgan fingerprint density at radius 1 is 1.00 bits per heavy atom. The van der Waals surface area contributed by atoms with Crippen LogP contribution in [0.2, 0.25) is 10.0 Å². The van der Waals surface area contributed by atoms with E-state index in [0.717, 1.165) is 37.3 Å². The number of amides is 1. The number of nitrogens with zero attached hydrogens (tertiary/aromatic N) is 2. The first-order valence-electron chi connectivity index (χ1n) is 10.7. The zero-order valence-corrected chi connectivity index (χ0v) is 22.9. The molecule has 1 N–H and O–H groups in total. The largest absolute Gasteiger partial charge is 0.345 e. The number of hydrogen-bond acceptors (Lipinski definition) is 3. The van der Waals surface area contributed by atoms with Crippen LogP contribution in [0, 0.1) is 0 Å². The van der Waals surface area contributed by atoms with Crippen LogP contribution < -0.4 is 5.32 Å². The van der Waals surface area contributed by atoms with Gasteiger partial charge in [0.25, 0.3) is 5.91 Å². The van der Waals surface area contributed by atoms with Crippen molar-refractivity contribution in [3.05, 3.63) is 92.0 Å². The second kappa shape index (κ2) is 10.8. The lowest BCUT2D eigenvalue weighted by Gasteiger charge is -2.14. The van der Waals surface area contributed by atoms with E-state index in [-0.39, 0.29) is 5.91 Å². The van der Waals surface area contributed by atoms with Gasteiger partial charge in [-0.1, -0.05) is 63.0 Å². The fourth-order valence-electron chi connectivity index (χ4n) is 3.79. The number of benzene rings is 3.